The van der Waals surface area contributed by atoms with E-state index in [2.05, 4.69) is 26.6 Å². The summed E-state index contributed by atoms with van der Waals surface area (Å²) < 4.78 is 0. The number of amides is 5. The molecule has 1 saturated heterocycles. The van der Waals surface area contributed by atoms with E-state index in [1.54, 1.807) is 12.1 Å². The molecule has 12 nitrogen and oxygen atoms in total. The molecule has 0 spiro atoms. The second-order valence-corrected chi connectivity index (χ2v) is 8.97. The number of aromatic hydroxyl groups is 1. The predicted octanol–water partition coefficient (Wildman–Crippen LogP) is -1.44. The number of nitrogens with two attached hydrogens (primary N) is 1. The molecule has 1 aliphatic heterocycles. The third-order valence-electron chi connectivity index (χ3n) is 5.85. The highest BCUT2D eigenvalue weighted by atomic mass is 16.3. The molecular weight excluding hydrogens is 468 g/mol. The summed E-state index contributed by atoms with van der Waals surface area (Å²) in [6.07, 6.45) is 1.58. The van der Waals surface area contributed by atoms with E-state index < -0.39 is 59.7 Å². The molecule has 0 bridgehead atoms. The van der Waals surface area contributed by atoms with Crippen molar-refractivity contribution in [1.29, 1.82) is 0 Å². The second-order valence-electron chi connectivity index (χ2n) is 8.97. The third kappa shape index (κ3) is 8.52. The Morgan fingerprint density at radius 3 is 1.64 bits per heavy atom. The minimum atomic E-state index is -1.07. The highest BCUT2D eigenvalue weighted by Gasteiger charge is 2.31. The van der Waals surface area contributed by atoms with Crippen molar-refractivity contribution in [2.75, 3.05) is 6.54 Å². The first-order valence-corrected chi connectivity index (χ1v) is 12.0. The molecule has 198 valence electrons. The van der Waals surface area contributed by atoms with Crippen LogP contribution in [-0.2, 0) is 30.4 Å². The lowest BCUT2D eigenvalue weighted by Gasteiger charge is -2.24. The van der Waals surface area contributed by atoms with Crippen LogP contribution in [0.2, 0.25) is 0 Å². The monoisotopic (exact) mass is 504 g/mol. The molecule has 8 N–H and O–H groups in total. The van der Waals surface area contributed by atoms with E-state index >= 15 is 0 Å². The van der Waals surface area contributed by atoms with E-state index in [0.717, 1.165) is 0 Å². The molecule has 1 heterocycles. The van der Waals surface area contributed by atoms with Gasteiger partial charge in [-0.1, -0.05) is 12.1 Å². The van der Waals surface area contributed by atoms with Gasteiger partial charge in [0, 0.05) is 6.42 Å². The molecule has 36 heavy (non-hydrogen) atoms. The number of carbonyl (C=O) groups excluding carboxylic acids is 5. The molecule has 0 unspecified atom stereocenters. The average molecular weight is 505 g/mol. The number of carbonyl (C=O) groups is 5. The van der Waals surface area contributed by atoms with Crippen LogP contribution in [0.25, 0.3) is 0 Å². The van der Waals surface area contributed by atoms with Gasteiger partial charge in [-0.2, -0.15) is 0 Å². The Balaban J connectivity index is 2.31. The van der Waals surface area contributed by atoms with Crippen molar-refractivity contribution in [2.45, 2.75) is 76.7 Å². The number of rotatable bonds is 6. The highest BCUT2D eigenvalue weighted by molar-refractivity contribution is 5.97. The van der Waals surface area contributed by atoms with Gasteiger partial charge in [0.25, 0.3) is 0 Å². The summed E-state index contributed by atoms with van der Waals surface area (Å²) >= 11 is 0. The van der Waals surface area contributed by atoms with Crippen molar-refractivity contribution < 1.29 is 29.1 Å². The van der Waals surface area contributed by atoms with Crippen LogP contribution in [0.1, 0.15) is 45.6 Å². The number of hydrogen-bond acceptors (Lipinski definition) is 7. The van der Waals surface area contributed by atoms with Crippen molar-refractivity contribution in [3.05, 3.63) is 29.8 Å². The maximum absolute atomic E-state index is 13.1. The van der Waals surface area contributed by atoms with Crippen molar-refractivity contribution in [3.8, 4) is 5.75 Å². The molecule has 5 amide bonds. The maximum Gasteiger partial charge on any atom is 0.243 e. The summed E-state index contributed by atoms with van der Waals surface area (Å²) in [5.41, 5.74) is 6.19. The summed E-state index contributed by atoms with van der Waals surface area (Å²) in [7, 11) is 0. The summed E-state index contributed by atoms with van der Waals surface area (Å²) in [4.78, 5) is 64.1. The zero-order valence-electron chi connectivity index (χ0n) is 20.8. The van der Waals surface area contributed by atoms with Crippen molar-refractivity contribution in [2.24, 2.45) is 5.73 Å². The standard InChI is InChI=1S/C24H36N6O6/c1-13-20(32)26-14(2)22(34)30-19(12-16-7-9-17(31)10-8-16)24(36)28-15(3)21(33)29-18(23(35)27-13)6-4-5-11-25/h7-10,13-15,18-19,31H,4-6,11-12,25H2,1-3H3,(H,26,32)(H,27,35)(H,28,36)(H,29,33)(H,30,34)/t13-,14-,15-,18-,19-/m0/s1. The van der Waals surface area contributed by atoms with Crippen LogP contribution in [0.4, 0.5) is 0 Å². The molecule has 1 aromatic carbocycles. The molecule has 5 atom stereocenters. The van der Waals surface area contributed by atoms with Crippen molar-refractivity contribution in [1.82, 2.24) is 26.6 Å². The number of benzene rings is 1. The molecule has 0 aromatic heterocycles. The van der Waals surface area contributed by atoms with Crippen LogP contribution < -0.4 is 32.3 Å². The highest BCUT2D eigenvalue weighted by Crippen LogP contribution is 2.12. The molecule has 2 rings (SSSR count). The lowest BCUT2D eigenvalue weighted by atomic mass is 10.0. The minimum Gasteiger partial charge on any atom is -0.508 e. The fourth-order valence-electron chi connectivity index (χ4n) is 3.60. The SMILES string of the molecule is C[C@@H]1NC(=O)[C@H](C)NC(=O)[C@H](CCCCN)NC(=O)[C@H](C)NC(=O)[C@H](Cc2ccc(O)cc2)NC1=O. The van der Waals surface area contributed by atoms with Crippen LogP contribution >= 0.6 is 0 Å². The average Bonchev–Trinajstić information content (AvgIpc) is 2.83. The third-order valence-corrected chi connectivity index (χ3v) is 5.85. The van der Waals surface area contributed by atoms with E-state index in [9.17, 15) is 29.1 Å². The van der Waals surface area contributed by atoms with E-state index in [0.29, 0.717) is 31.4 Å². The van der Waals surface area contributed by atoms with E-state index in [4.69, 9.17) is 5.73 Å². The normalized spacial score (nSPS) is 26.4. The second kappa shape index (κ2) is 13.4. The number of unbranched alkanes of at least 4 members (excludes halogenated alkanes) is 1. The molecule has 0 radical (unpaired) electrons. The Hall–Kier alpha value is -3.67. The first-order valence-electron chi connectivity index (χ1n) is 12.0. The van der Waals surface area contributed by atoms with E-state index in [1.807, 2.05) is 0 Å². The molecule has 1 aromatic rings. The maximum atomic E-state index is 13.1. The Bertz CT molecular complexity index is 953. The fraction of sp³-hybridized carbons (Fsp3) is 0.542. The van der Waals surface area contributed by atoms with Gasteiger partial charge in [-0.05, 0) is 64.3 Å². The zero-order chi connectivity index (χ0) is 26.8. The topological polar surface area (TPSA) is 192 Å². The smallest absolute Gasteiger partial charge is 0.243 e. The number of phenols is 1. The van der Waals surface area contributed by atoms with E-state index in [1.165, 1.54) is 32.9 Å². The van der Waals surface area contributed by atoms with Crippen molar-refractivity contribution in [3.63, 3.8) is 0 Å². The molecule has 12 heteroatoms. The van der Waals surface area contributed by atoms with Crippen LogP contribution in [0.3, 0.4) is 0 Å². The molecule has 1 fully saturated rings. The summed E-state index contributed by atoms with van der Waals surface area (Å²) in [5, 5.41) is 22.4. The van der Waals surface area contributed by atoms with Gasteiger partial charge in [-0.25, -0.2) is 0 Å². The van der Waals surface area contributed by atoms with Crippen LogP contribution in [0.15, 0.2) is 24.3 Å². The number of hydrogen-bond donors (Lipinski definition) is 7. The number of phenolic OH excluding ortho intramolecular Hbond substituents is 1. The predicted molar refractivity (Wildman–Crippen MR) is 131 cm³/mol. The van der Waals surface area contributed by atoms with Gasteiger partial charge in [-0.3, -0.25) is 24.0 Å². The lowest BCUT2D eigenvalue weighted by molar-refractivity contribution is -0.133. The van der Waals surface area contributed by atoms with Gasteiger partial charge in [0.15, 0.2) is 0 Å². The molecule has 0 saturated carbocycles. The largest absolute Gasteiger partial charge is 0.508 e. The van der Waals surface area contributed by atoms with Crippen LogP contribution in [0.5, 0.6) is 5.75 Å². The first-order chi connectivity index (χ1) is 17.0. The summed E-state index contributed by atoms with van der Waals surface area (Å²) in [6, 6.07) is 1.13. The van der Waals surface area contributed by atoms with Crippen LogP contribution in [0, 0.1) is 0 Å². The lowest BCUT2D eigenvalue weighted by Crippen LogP contribution is -2.57. The summed E-state index contributed by atoms with van der Waals surface area (Å²) in [5.74, 6) is -2.93. The molecular formula is C24H36N6O6. The molecule has 1 aliphatic rings. The van der Waals surface area contributed by atoms with Gasteiger partial charge in [0.05, 0.1) is 0 Å². The first kappa shape index (κ1) is 28.6. The Labute approximate surface area is 210 Å². The number of nitrogens with one attached hydrogen (secondary N) is 5. The quantitative estimate of drug-likeness (QED) is 0.231. The van der Waals surface area contributed by atoms with Crippen molar-refractivity contribution >= 4 is 29.5 Å². The summed E-state index contributed by atoms with van der Waals surface area (Å²) in [6.45, 7) is 4.82. The van der Waals surface area contributed by atoms with Gasteiger partial charge >= 0.3 is 0 Å². The van der Waals surface area contributed by atoms with Gasteiger partial charge in [0.2, 0.25) is 29.5 Å². The Morgan fingerprint density at radius 2 is 1.11 bits per heavy atom. The zero-order valence-corrected chi connectivity index (χ0v) is 20.8. The van der Waals surface area contributed by atoms with E-state index in [-0.39, 0.29) is 12.2 Å². The van der Waals surface area contributed by atoms with Crippen LogP contribution in [-0.4, -0.2) is 71.4 Å². The Morgan fingerprint density at radius 1 is 0.667 bits per heavy atom. The minimum absolute atomic E-state index is 0.0502. The van der Waals surface area contributed by atoms with Gasteiger partial charge in [0.1, 0.15) is 36.0 Å². The van der Waals surface area contributed by atoms with Gasteiger partial charge < -0.3 is 37.4 Å². The Kier molecular flexibility index (Phi) is 10.7. The van der Waals surface area contributed by atoms with Gasteiger partial charge in [-0.15, -0.1) is 0 Å². The molecule has 0 aliphatic carbocycles. The fourth-order valence-corrected chi connectivity index (χ4v) is 3.60.